The summed E-state index contributed by atoms with van der Waals surface area (Å²) >= 11 is 3.08. The number of nitrogens with zero attached hydrogens (tertiary/aromatic N) is 2. The minimum Gasteiger partial charge on any atom is -0.304 e. The first-order valence-electron chi connectivity index (χ1n) is 6.74. The van der Waals surface area contributed by atoms with Gasteiger partial charge in [0.05, 0.1) is 4.90 Å². The zero-order valence-corrected chi connectivity index (χ0v) is 14.3. The van der Waals surface area contributed by atoms with Gasteiger partial charge in [0.2, 0.25) is 10.0 Å². The van der Waals surface area contributed by atoms with Crippen LogP contribution in [0.2, 0.25) is 0 Å². The molecular formula is C13H19BrFN3O2S. The summed E-state index contributed by atoms with van der Waals surface area (Å²) in [6.07, 6.45) is 0. The molecule has 1 saturated heterocycles. The molecule has 1 fully saturated rings. The van der Waals surface area contributed by atoms with Crippen molar-refractivity contribution in [2.75, 3.05) is 46.3 Å². The van der Waals surface area contributed by atoms with Gasteiger partial charge < -0.3 is 4.90 Å². The van der Waals surface area contributed by atoms with E-state index in [0.717, 1.165) is 38.3 Å². The van der Waals surface area contributed by atoms with E-state index in [2.05, 4.69) is 37.5 Å². The molecule has 0 unspecified atom stereocenters. The Balaban J connectivity index is 1.89. The first-order valence-corrected chi connectivity index (χ1v) is 9.02. The van der Waals surface area contributed by atoms with E-state index in [1.54, 1.807) is 0 Å². The number of sulfonamides is 1. The number of benzene rings is 1. The summed E-state index contributed by atoms with van der Waals surface area (Å²) in [5, 5.41) is 0. The molecule has 1 aromatic rings. The Morgan fingerprint density at radius 3 is 2.57 bits per heavy atom. The highest BCUT2D eigenvalue weighted by atomic mass is 79.9. The van der Waals surface area contributed by atoms with Crippen molar-refractivity contribution >= 4 is 26.0 Å². The van der Waals surface area contributed by atoms with Gasteiger partial charge >= 0.3 is 0 Å². The van der Waals surface area contributed by atoms with Gasteiger partial charge in [-0.25, -0.2) is 17.5 Å². The Bertz CT molecular complexity index is 589. The smallest absolute Gasteiger partial charge is 0.241 e. The van der Waals surface area contributed by atoms with Crippen LogP contribution in [0.5, 0.6) is 0 Å². The predicted molar refractivity (Wildman–Crippen MR) is 83.2 cm³/mol. The summed E-state index contributed by atoms with van der Waals surface area (Å²) in [4.78, 5) is 4.53. The summed E-state index contributed by atoms with van der Waals surface area (Å²) in [5.41, 5.74) is 0. The third-order valence-electron chi connectivity index (χ3n) is 3.50. The van der Waals surface area contributed by atoms with Crippen molar-refractivity contribution in [3.8, 4) is 0 Å². The Morgan fingerprint density at radius 1 is 1.29 bits per heavy atom. The highest BCUT2D eigenvalue weighted by molar-refractivity contribution is 9.10. The van der Waals surface area contributed by atoms with Gasteiger partial charge in [0.25, 0.3) is 0 Å². The highest BCUT2D eigenvalue weighted by Gasteiger charge is 2.19. The van der Waals surface area contributed by atoms with Crippen LogP contribution in [0.15, 0.2) is 27.6 Å². The zero-order chi connectivity index (χ0) is 15.5. The molecule has 0 radical (unpaired) electrons. The molecule has 0 aliphatic carbocycles. The van der Waals surface area contributed by atoms with Crippen molar-refractivity contribution in [2.24, 2.45) is 0 Å². The van der Waals surface area contributed by atoms with E-state index in [0.29, 0.717) is 13.1 Å². The molecule has 8 heteroatoms. The quantitative estimate of drug-likeness (QED) is 0.832. The fourth-order valence-electron chi connectivity index (χ4n) is 2.18. The lowest BCUT2D eigenvalue weighted by molar-refractivity contribution is 0.156. The molecule has 21 heavy (non-hydrogen) atoms. The van der Waals surface area contributed by atoms with Crippen molar-refractivity contribution in [1.29, 1.82) is 0 Å². The molecule has 1 heterocycles. The van der Waals surface area contributed by atoms with Gasteiger partial charge in [0.15, 0.2) is 0 Å². The van der Waals surface area contributed by atoms with Gasteiger partial charge in [-0.05, 0) is 41.2 Å². The number of hydrogen-bond acceptors (Lipinski definition) is 4. The maximum atomic E-state index is 13.0. The molecule has 0 aromatic heterocycles. The molecular weight excluding hydrogens is 361 g/mol. The molecule has 0 saturated carbocycles. The number of piperazine rings is 1. The lowest BCUT2D eigenvalue weighted by Crippen LogP contribution is -2.46. The van der Waals surface area contributed by atoms with Gasteiger partial charge in [-0.1, -0.05) is 0 Å². The maximum Gasteiger partial charge on any atom is 0.241 e. The summed E-state index contributed by atoms with van der Waals surface area (Å²) in [6.45, 7) is 4.89. The average molecular weight is 380 g/mol. The second-order valence-corrected chi connectivity index (χ2v) is 7.71. The van der Waals surface area contributed by atoms with E-state index < -0.39 is 15.8 Å². The third kappa shape index (κ3) is 4.72. The Morgan fingerprint density at radius 2 is 1.95 bits per heavy atom. The summed E-state index contributed by atoms with van der Waals surface area (Å²) in [7, 11) is -1.54. The van der Waals surface area contributed by atoms with Crippen molar-refractivity contribution in [3.63, 3.8) is 0 Å². The van der Waals surface area contributed by atoms with Gasteiger partial charge in [0, 0.05) is 43.7 Å². The van der Waals surface area contributed by atoms with Gasteiger partial charge in [-0.2, -0.15) is 0 Å². The Kier molecular flexibility index (Phi) is 5.73. The largest absolute Gasteiger partial charge is 0.304 e. The van der Waals surface area contributed by atoms with Crippen LogP contribution in [0.3, 0.4) is 0 Å². The molecule has 2 rings (SSSR count). The van der Waals surface area contributed by atoms with Gasteiger partial charge in [-0.3, -0.25) is 4.90 Å². The van der Waals surface area contributed by atoms with Crippen LogP contribution in [-0.2, 0) is 10.0 Å². The van der Waals surface area contributed by atoms with Crippen LogP contribution in [0.1, 0.15) is 0 Å². The number of halogens is 2. The van der Waals surface area contributed by atoms with Crippen molar-refractivity contribution < 1.29 is 12.8 Å². The molecule has 5 nitrogen and oxygen atoms in total. The zero-order valence-electron chi connectivity index (χ0n) is 11.8. The summed E-state index contributed by atoms with van der Waals surface area (Å²) in [5.74, 6) is -0.474. The standard InChI is InChI=1S/C13H19BrFN3O2S/c1-17-6-8-18(9-7-17)5-4-16-21(19,20)13-3-2-11(15)10-12(13)14/h2-3,10,16H,4-9H2,1H3. The third-order valence-corrected chi connectivity index (χ3v) is 5.94. The second kappa shape index (κ2) is 7.15. The average Bonchev–Trinajstić information content (AvgIpc) is 2.40. The number of nitrogens with one attached hydrogen (secondary N) is 1. The van der Waals surface area contributed by atoms with Crippen molar-refractivity contribution in [3.05, 3.63) is 28.5 Å². The van der Waals surface area contributed by atoms with Crippen LogP contribution in [0, 0.1) is 5.82 Å². The van der Waals surface area contributed by atoms with E-state index in [1.165, 1.54) is 6.07 Å². The van der Waals surface area contributed by atoms with Crippen LogP contribution in [-0.4, -0.2) is 64.5 Å². The number of likely N-dealkylation sites (N-methyl/N-ethyl adjacent to an activating group) is 1. The monoisotopic (exact) mass is 379 g/mol. The fraction of sp³-hybridized carbons (Fsp3) is 0.538. The molecule has 1 aromatic carbocycles. The maximum absolute atomic E-state index is 13.0. The molecule has 1 aliphatic heterocycles. The number of hydrogen-bond donors (Lipinski definition) is 1. The predicted octanol–water partition coefficient (Wildman–Crippen LogP) is 1.11. The van der Waals surface area contributed by atoms with E-state index in [4.69, 9.17) is 0 Å². The summed E-state index contributed by atoms with van der Waals surface area (Å²) < 4.78 is 40.1. The fourth-order valence-corrected chi connectivity index (χ4v) is 4.25. The molecule has 0 spiro atoms. The lowest BCUT2D eigenvalue weighted by Gasteiger charge is -2.32. The van der Waals surface area contributed by atoms with Crippen LogP contribution in [0.4, 0.5) is 4.39 Å². The first-order chi connectivity index (χ1) is 9.88. The van der Waals surface area contributed by atoms with Crippen molar-refractivity contribution in [1.82, 2.24) is 14.5 Å². The molecule has 0 bridgehead atoms. The van der Waals surface area contributed by atoms with Crippen LogP contribution < -0.4 is 4.72 Å². The minimum absolute atomic E-state index is 0.0577. The van der Waals surface area contributed by atoms with Crippen molar-refractivity contribution in [2.45, 2.75) is 4.90 Å². The summed E-state index contributed by atoms with van der Waals surface area (Å²) in [6, 6.07) is 3.55. The van der Waals surface area contributed by atoms with Crippen LogP contribution in [0.25, 0.3) is 0 Å². The van der Waals surface area contributed by atoms with Crippen LogP contribution >= 0.6 is 15.9 Å². The molecule has 118 valence electrons. The topological polar surface area (TPSA) is 52.6 Å². The number of rotatable bonds is 5. The molecule has 1 aliphatic rings. The van der Waals surface area contributed by atoms with E-state index >= 15 is 0 Å². The Hall–Kier alpha value is -0.540. The SMILES string of the molecule is CN1CCN(CCNS(=O)(=O)c2ccc(F)cc2Br)CC1. The van der Waals surface area contributed by atoms with E-state index in [1.807, 2.05) is 0 Å². The minimum atomic E-state index is -3.62. The molecule has 0 amide bonds. The highest BCUT2D eigenvalue weighted by Crippen LogP contribution is 2.22. The normalized spacial score (nSPS) is 18.0. The van der Waals surface area contributed by atoms with Gasteiger partial charge in [-0.15, -0.1) is 0 Å². The molecule has 0 atom stereocenters. The van der Waals surface area contributed by atoms with E-state index in [9.17, 15) is 12.8 Å². The van der Waals surface area contributed by atoms with Gasteiger partial charge in [0.1, 0.15) is 5.82 Å². The Labute approximate surface area is 133 Å². The van der Waals surface area contributed by atoms with E-state index in [-0.39, 0.29) is 9.37 Å². The molecule has 1 N–H and O–H groups in total. The lowest BCUT2D eigenvalue weighted by atomic mass is 10.3. The second-order valence-electron chi connectivity index (χ2n) is 5.12. The first kappa shape index (κ1) is 16.8.